The molecule has 5 rings (SSSR count). The van der Waals surface area contributed by atoms with Crippen molar-refractivity contribution in [3.05, 3.63) is 84.3 Å². The lowest BCUT2D eigenvalue weighted by Crippen LogP contribution is -2.53. The van der Waals surface area contributed by atoms with Crippen molar-refractivity contribution in [1.29, 1.82) is 0 Å². The Morgan fingerprint density at radius 1 is 0.745 bits per heavy atom. The molecule has 1 amide bonds. The molecule has 0 unspecified atom stereocenters. The summed E-state index contributed by atoms with van der Waals surface area (Å²) in [7, 11) is 4.69. The molecule has 0 bridgehead atoms. The first-order valence-corrected chi connectivity index (χ1v) is 18.3. The van der Waals surface area contributed by atoms with Gasteiger partial charge < -0.3 is 23.7 Å². The van der Waals surface area contributed by atoms with E-state index in [-0.39, 0.29) is 31.6 Å². The molecule has 2 aromatic rings. The summed E-state index contributed by atoms with van der Waals surface area (Å²) in [6.07, 6.45) is 0. The van der Waals surface area contributed by atoms with E-state index < -0.39 is 33.5 Å². The van der Waals surface area contributed by atoms with Crippen LogP contribution >= 0.6 is 35.3 Å². The Labute approximate surface area is 309 Å². The van der Waals surface area contributed by atoms with E-state index in [1.54, 1.807) is 35.2 Å². The van der Waals surface area contributed by atoms with Crippen molar-refractivity contribution in [3.63, 3.8) is 0 Å². The number of rotatable bonds is 7. The first-order chi connectivity index (χ1) is 24.0. The topological polar surface area (TPSA) is 135 Å². The number of carbonyl (C=O) groups excluding carboxylic acids is 5. The number of carbonyl (C=O) groups is 5. The van der Waals surface area contributed by atoms with E-state index in [9.17, 15) is 24.0 Å². The standard InChI is InChI=1S/C37H39NO10S3/c1-11-48-21-16-17-23-22(18-21)24-29(36(5,6)38(23)30(39)19-12-14-20(15-13-19)35(2,3)4)49-26(32(41)45-8)25(31(40)44-7)37(24)50-27(33(42)46-9)28(51-37)34(43)47-10/h12-18H,11H2,1-10H3. The second-order valence-electron chi connectivity index (χ2n) is 13.1. The molecule has 3 heterocycles. The Morgan fingerprint density at radius 3 is 1.76 bits per heavy atom. The van der Waals surface area contributed by atoms with Gasteiger partial charge in [0.05, 0.1) is 51.8 Å². The summed E-state index contributed by atoms with van der Waals surface area (Å²) < 4.78 is 24.8. The van der Waals surface area contributed by atoms with Crippen LogP contribution in [0.15, 0.2) is 67.7 Å². The van der Waals surface area contributed by atoms with Crippen molar-refractivity contribution >= 4 is 76.3 Å². The number of benzene rings is 2. The summed E-state index contributed by atoms with van der Waals surface area (Å²) >= 11 is 2.71. The molecule has 0 fully saturated rings. The van der Waals surface area contributed by atoms with E-state index in [2.05, 4.69) is 20.8 Å². The van der Waals surface area contributed by atoms with Crippen LogP contribution in [-0.2, 0) is 43.5 Å². The number of methoxy groups -OCH3 is 4. The summed E-state index contributed by atoms with van der Waals surface area (Å²) in [6.45, 7) is 12.1. The first kappa shape index (κ1) is 38.1. The number of anilines is 1. The summed E-state index contributed by atoms with van der Waals surface area (Å²) in [6, 6.07) is 12.7. The van der Waals surface area contributed by atoms with E-state index in [0.29, 0.717) is 39.6 Å². The van der Waals surface area contributed by atoms with Gasteiger partial charge in [0, 0.05) is 21.6 Å². The molecule has 11 nitrogen and oxygen atoms in total. The third kappa shape index (κ3) is 6.35. The maximum Gasteiger partial charge on any atom is 0.345 e. The van der Waals surface area contributed by atoms with Gasteiger partial charge in [0.1, 0.15) is 24.5 Å². The number of hydrogen-bond donors (Lipinski definition) is 0. The largest absolute Gasteiger partial charge is 0.494 e. The molecule has 3 aliphatic heterocycles. The lowest BCUT2D eigenvalue weighted by molar-refractivity contribution is -0.138. The van der Waals surface area contributed by atoms with E-state index in [1.165, 1.54) is 28.4 Å². The first-order valence-electron chi connectivity index (χ1n) is 15.9. The molecule has 0 aromatic heterocycles. The van der Waals surface area contributed by atoms with E-state index in [0.717, 1.165) is 40.8 Å². The van der Waals surface area contributed by atoms with E-state index in [4.69, 9.17) is 23.7 Å². The number of fused-ring (bicyclic) bond motifs is 3. The van der Waals surface area contributed by atoms with Gasteiger partial charge in [-0.05, 0) is 62.1 Å². The average Bonchev–Trinajstić information content (AvgIpc) is 3.50. The monoisotopic (exact) mass is 753 g/mol. The van der Waals surface area contributed by atoms with Crippen molar-refractivity contribution < 1.29 is 47.7 Å². The lowest BCUT2D eigenvalue weighted by Gasteiger charge is -2.50. The minimum Gasteiger partial charge on any atom is -0.494 e. The number of amides is 1. The van der Waals surface area contributed by atoms with Crippen LogP contribution in [0.4, 0.5) is 5.69 Å². The highest BCUT2D eigenvalue weighted by Crippen LogP contribution is 2.71. The van der Waals surface area contributed by atoms with Gasteiger partial charge in [0.25, 0.3) is 5.91 Å². The molecule has 2 aromatic carbocycles. The SMILES string of the molecule is CCOc1ccc2c(c1)C1=C(SC(C(=O)OC)=C(C(=O)OC)C13SC(C(=O)OC)=C(C(=O)OC)S3)C(C)(C)N2C(=O)c1ccc(C(C)(C)C)cc1. The van der Waals surface area contributed by atoms with Crippen molar-refractivity contribution in [2.75, 3.05) is 39.9 Å². The molecule has 270 valence electrons. The van der Waals surface area contributed by atoms with Gasteiger partial charge in [-0.15, -0.1) is 0 Å². The van der Waals surface area contributed by atoms with Gasteiger partial charge in [0.15, 0.2) is 0 Å². The predicted molar refractivity (Wildman–Crippen MR) is 198 cm³/mol. The molecular weight excluding hydrogens is 715 g/mol. The van der Waals surface area contributed by atoms with Gasteiger partial charge in [-0.25, -0.2) is 19.2 Å². The van der Waals surface area contributed by atoms with Gasteiger partial charge in [-0.2, -0.15) is 0 Å². The van der Waals surface area contributed by atoms with Crippen LogP contribution in [-0.4, -0.2) is 74.4 Å². The average molecular weight is 754 g/mol. The molecule has 0 saturated heterocycles. The highest BCUT2D eigenvalue weighted by atomic mass is 32.2. The van der Waals surface area contributed by atoms with Gasteiger partial charge >= 0.3 is 23.9 Å². The number of esters is 4. The third-order valence-corrected chi connectivity index (χ3v) is 13.3. The summed E-state index contributed by atoms with van der Waals surface area (Å²) in [5.41, 5.74) is 1.43. The molecule has 51 heavy (non-hydrogen) atoms. The van der Waals surface area contributed by atoms with Crippen LogP contribution in [0, 0.1) is 0 Å². The number of thioether (sulfide) groups is 3. The molecule has 3 aliphatic rings. The highest BCUT2D eigenvalue weighted by Gasteiger charge is 2.62. The van der Waals surface area contributed by atoms with Crippen molar-refractivity contribution in [3.8, 4) is 5.75 Å². The molecule has 1 spiro atoms. The quantitative estimate of drug-likeness (QED) is 0.222. The zero-order chi connectivity index (χ0) is 37.6. The van der Waals surface area contributed by atoms with E-state index in [1.807, 2.05) is 32.9 Å². The Balaban J connectivity index is 1.87. The van der Waals surface area contributed by atoms with Gasteiger partial charge in [0.2, 0.25) is 0 Å². The van der Waals surface area contributed by atoms with Crippen LogP contribution in [0.25, 0.3) is 5.57 Å². The third-order valence-electron chi connectivity index (χ3n) is 8.62. The van der Waals surface area contributed by atoms with Gasteiger partial charge in [-0.1, -0.05) is 68.2 Å². The fourth-order valence-corrected chi connectivity index (χ4v) is 11.2. The zero-order valence-electron chi connectivity index (χ0n) is 30.0. The lowest BCUT2D eigenvalue weighted by atomic mass is 9.82. The Morgan fingerprint density at radius 2 is 1.27 bits per heavy atom. The minimum atomic E-state index is -1.70. The predicted octanol–water partition coefficient (Wildman–Crippen LogP) is 6.61. The van der Waals surface area contributed by atoms with Crippen molar-refractivity contribution in [1.82, 2.24) is 0 Å². The summed E-state index contributed by atoms with van der Waals surface area (Å²) in [5, 5.41) is 0. The Hall–Kier alpha value is -4.14. The van der Waals surface area contributed by atoms with E-state index >= 15 is 0 Å². The minimum absolute atomic E-state index is 0.127. The Kier molecular flexibility index (Phi) is 10.5. The molecular formula is C37H39NO10S3. The van der Waals surface area contributed by atoms with Crippen molar-refractivity contribution in [2.45, 2.75) is 56.6 Å². The molecule has 0 N–H and O–H groups in total. The van der Waals surface area contributed by atoms with Crippen molar-refractivity contribution in [2.24, 2.45) is 0 Å². The maximum atomic E-state index is 14.7. The van der Waals surface area contributed by atoms with Crippen LogP contribution in [0.1, 0.15) is 63.0 Å². The second-order valence-corrected chi connectivity index (χ2v) is 16.8. The fraction of sp³-hybridized carbons (Fsp3) is 0.378. The molecule has 0 atom stereocenters. The molecule has 0 saturated carbocycles. The number of ether oxygens (including phenoxy) is 5. The van der Waals surface area contributed by atoms with Crippen LogP contribution in [0.3, 0.4) is 0 Å². The number of nitrogens with zero attached hydrogens (tertiary/aromatic N) is 1. The molecule has 0 aliphatic carbocycles. The number of hydrogen-bond acceptors (Lipinski definition) is 13. The maximum absolute atomic E-state index is 14.7. The summed E-state index contributed by atoms with van der Waals surface area (Å²) in [4.78, 5) is 70.7. The fourth-order valence-electron chi connectivity index (χ4n) is 6.16. The van der Waals surface area contributed by atoms with Crippen LogP contribution in [0.2, 0.25) is 0 Å². The van der Waals surface area contributed by atoms with Gasteiger partial charge in [-0.3, -0.25) is 9.69 Å². The van der Waals surface area contributed by atoms with Crippen LogP contribution < -0.4 is 9.64 Å². The zero-order valence-corrected chi connectivity index (χ0v) is 32.5. The highest BCUT2D eigenvalue weighted by molar-refractivity contribution is 8.26. The summed E-state index contributed by atoms with van der Waals surface area (Å²) in [5.74, 6) is -3.27. The van der Waals surface area contributed by atoms with Crippen LogP contribution in [0.5, 0.6) is 5.75 Å². The normalized spacial score (nSPS) is 17.5. The molecule has 14 heteroatoms. The second kappa shape index (κ2) is 14.1. The molecule has 0 radical (unpaired) electrons. The Bertz CT molecular complexity index is 1910. The smallest absolute Gasteiger partial charge is 0.345 e.